The van der Waals surface area contributed by atoms with Crippen LogP contribution in [-0.4, -0.2) is 83.8 Å². The van der Waals surface area contributed by atoms with Crippen molar-refractivity contribution in [3.05, 3.63) is 0 Å². The molecule has 1 unspecified atom stereocenters. The summed E-state index contributed by atoms with van der Waals surface area (Å²) in [5.41, 5.74) is 0. The molecule has 24 heavy (non-hydrogen) atoms. The van der Waals surface area contributed by atoms with Crippen molar-refractivity contribution in [3.8, 4) is 0 Å². The number of nitrogens with zero attached hydrogens (tertiary/aromatic N) is 2. The number of rotatable bonds is 9. The molecule has 3 nitrogen and oxygen atoms in total. The van der Waals surface area contributed by atoms with Crippen molar-refractivity contribution in [2.45, 2.75) is 50.5 Å². The van der Waals surface area contributed by atoms with Gasteiger partial charge in [-0.1, -0.05) is 27.7 Å². The van der Waals surface area contributed by atoms with Gasteiger partial charge in [-0.25, -0.2) is 0 Å². The van der Waals surface area contributed by atoms with Crippen LogP contribution in [0, 0.1) is 5.92 Å². The van der Waals surface area contributed by atoms with E-state index in [0.29, 0.717) is 4.75 Å². The van der Waals surface area contributed by atoms with Crippen molar-refractivity contribution in [1.82, 2.24) is 9.80 Å². The van der Waals surface area contributed by atoms with Gasteiger partial charge in [0.25, 0.3) is 0 Å². The van der Waals surface area contributed by atoms with Crippen molar-refractivity contribution in [2.75, 3.05) is 64.0 Å². The van der Waals surface area contributed by atoms with E-state index in [1.165, 1.54) is 50.5 Å². The maximum Gasteiger partial charge on any atom is 0.0594 e. The zero-order valence-corrected chi connectivity index (χ0v) is 17.9. The van der Waals surface area contributed by atoms with Gasteiger partial charge in [-0.15, -0.1) is 0 Å². The van der Waals surface area contributed by atoms with Gasteiger partial charge in [-0.2, -0.15) is 23.5 Å². The van der Waals surface area contributed by atoms with Gasteiger partial charge in [0.1, 0.15) is 0 Å². The van der Waals surface area contributed by atoms with Gasteiger partial charge < -0.3 is 9.64 Å². The van der Waals surface area contributed by atoms with Crippen LogP contribution in [0.1, 0.15) is 40.5 Å². The van der Waals surface area contributed by atoms with E-state index in [1.54, 1.807) is 0 Å². The lowest BCUT2D eigenvalue weighted by Crippen LogP contribution is -2.44. The quantitative estimate of drug-likeness (QED) is 0.610. The molecule has 0 spiro atoms. The lowest BCUT2D eigenvalue weighted by Gasteiger charge is -2.41. The number of thioether (sulfide) groups is 2. The molecule has 2 rings (SSSR count). The Morgan fingerprint density at radius 2 is 1.75 bits per heavy atom. The molecule has 0 saturated carbocycles. The molecule has 0 bridgehead atoms. The first-order chi connectivity index (χ1) is 11.5. The molecule has 2 heterocycles. The van der Waals surface area contributed by atoms with Crippen LogP contribution in [0.3, 0.4) is 0 Å². The number of likely N-dealkylation sites (tertiary alicyclic amines) is 1. The second-order valence-electron chi connectivity index (χ2n) is 7.97. The number of hydrogen-bond acceptors (Lipinski definition) is 5. The minimum absolute atomic E-state index is 0.399. The molecule has 0 radical (unpaired) electrons. The number of piperidine rings is 1. The summed E-state index contributed by atoms with van der Waals surface area (Å²) < 4.78 is 5.84. The second-order valence-corrected chi connectivity index (χ2v) is 11.4. The van der Waals surface area contributed by atoms with Crippen LogP contribution < -0.4 is 0 Å². The Hall–Kier alpha value is 0.580. The molecule has 142 valence electrons. The molecule has 0 aromatic carbocycles. The SMILES string of the molecule is CC(C)SCCN1CCCC(C(C)(C)SCCN2CCOCC2)C1. The fourth-order valence-electron chi connectivity index (χ4n) is 3.62. The summed E-state index contributed by atoms with van der Waals surface area (Å²) in [7, 11) is 0. The molecule has 2 aliphatic heterocycles. The molecule has 1 atom stereocenters. The van der Waals surface area contributed by atoms with Gasteiger partial charge in [-0.3, -0.25) is 4.90 Å². The Morgan fingerprint density at radius 1 is 1.04 bits per heavy atom. The normalized spacial score (nSPS) is 24.6. The molecule has 2 saturated heterocycles. The summed E-state index contributed by atoms with van der Waals surface area (Å²) in [5, 5.41) is 0.762. The highest BCUT2D eigenvalue weighted by atomic mass is 32.2. The maximum absolute atomic E-state index is 5.45. The second kappa shape index (κ2) is 10.7. The summed E-state index contributed by atoms with van der Waals surface area (Å²) in [6.07, 6.45) is 2.79. The van der Waals surface area contributed by atoms with E-state index in [1.807, 2.05) is 0 Å². The van der Waals surface area contributed by atoms with Crippen LogP contribution in [0.5, 0.6) is 0 Å². The summed E-state index contributed by atoms with van der Waals surface area (Å²) in [6, 6.07) is 0. The van der Waals surface area contributed by atoms with E-state index < -0.39 is 0 Å². The molecule has 5 heteroatoms. The van der Waals surface area contributed by atoms with Crippen LogP contribution in [0.25, 0.3) is 0 Å². The van der Waals surface area contributed by atoms with Crippen molar-refractivity contribution < 1.29 is 4.74 Å². The van der Waals surface area contributed by atoms with E-state index in [4.69, 9.17) is 4.74 Å². The lowest BCUT2D eigenvalue weighted by molar-refractivity contribution is 0.0409. The first-order valence-corrected chi connectivity index (χ1v) is 11.8. The molecule has 2 aliphatic rings. The van der Waals surface area contributed by atoms with Crippen molar-refractivity contribution >= 4 is 23.5 Å². The smallest absolute Gasteiger partial charge is 0.0594 e. The summed E-state index contributed by atoms with van der Waals surface area (Å²) in [5.74, 6) is 3.38. The topological polar surface area (TPSA) is 15.7 Å². The van der Waals surface area contributed by atoms with Crippen LogP contribution in [0.15, 0.2) is 0 Å². The molecular formula is C19H38N2OS2. The van der Waals surface area contributed by atoms with Crippen LogP contribution in [0.4, 0.5) is 0 Å². The number of morpholine rings is 1. The van der Waals surface area contributed by atoms with Gasteiger partial charge >= 0.3 is 0 Å². The molecule has 0 amide bonds. The third kappa shape index (κ3) is 7.45. The Kier molecular flexibility index (Phi) is 9.28. The largest absolute Gasteiger partial charge is 0.379 e. The van der Waals surface area contributed by atoms with E-state index in [2.05, 4.69) is 61.0 Å². The zero-order valence-electron chi connectivity index (χ0n) is 16.3. The van der Waals surface area contributed by atoms with E-state index in [-0.39, 0.29) is 0 Å². The van der Waals surface area contributed by atoms with Gasteiger partial charge in [0.05, 0.1) is 13.2 Å². The van der Waals surface area contributed by atoms with Crippen LogP contribution in [-0.2, 0) is 4.74 Å². The third-order valence-electron chi connectivity index (χ3n) is 5.33. The molecule has 2 fully saturated rings. The van der Waals surface area contributed by atoms with E-state index >= 15 is 0 Å². The predicted octanol–water partition coefficient (Wildman–Crippen LogP) is 3.68. The van der Waals surface area contributed by atoms with Gasteiger partial charge in [0.15, 0.2) is 0 Å². The minimum atomic E-state index is 0.399. The van der Waals surface area contributed by atoms with Crippen molar-refractivity contribution in [2.24, 2.45) is 5.92 Å². The third-order valence-corrected chi connectivity index (χ3v) is 7.88. The van der Waals surface area contributed by atoms with Gasteiger partial charge in [0, 0.05) is 49.0 Å². The molecule has 0 aromatic rings. The lowest BCUT2D eigenvalue weighted by atomic mass is 9.87. The summed E-state index contributed by atoms with van der Waals surface area (Å²) >= 11 is 4.30. The Balaban J connectivity index is 1.69. The van der Waals surface area contributed by atoms with Crippen LogP contribution in [0.2, 0.25) is 0 Å². The number of ether oxygens (including phenoxy) is 1. The average Bonchev–Trinajstić information content (AvgIpc) is 2.56. The highest BCUT2D eigenvalue weighted by Gasteiger charge is 2.33. The molecule has 0 N–H and O–H groups in total. The van der Waals surface area contributed by atoms with Gasteiger partial charge in [-0.05, 0) is 30.6 Å². The Bertz CT molecular complexity index is 346. The first-order valence-electron chi connectivity index (χ1n) is 9.75. The van der Waals surface area contributed by atoms with Crippen molar-refractivity contribution in [3.63, 3.8) is 0 Å². The molecule has 0 aliphatic carbocycles. The summed E-state index contributed by atoms with van der Waals surface area (Å²) in [6.45, 7) is 18.7. The zero-order chi connectivity index (χ0) is 17.4. The Labute approximate surface area is 158 Å². The van der Waals surface area contributed by atoms with Crippen LogP contribution >= 0.6 is 23.5 Å². The average molecular weight is 375 g/mol. The molecular weight excluding hydrogens is 336 g/mol. The fourth-order valence-corrected chi connectivity index (χ4v) is 5.76. The Morgan fingerprint density at radius 3 is 2.46 bits per heavy atom. The first kappa shape index (κ1) is 20.9. The monoisotopic (exact) mass is 374 g/mol. The van der Waals surface area contributed by atoms with E-state index in [9.17, 15) is 0 Å². The highest BCUT2D eigenvalue weighted by Crippen LogP contribution is 2.37. The molecule has 0 aromatic heterocycles. The maximum atomic E-state index is 5.45. The highest BCUT2D eigenvalue weighted by molar-refractivity contribution is 8.00. The van der Waals surface area contributed by atoms with E-state index in [0.717, 1.165) is 37.5 Å². The standard InChI is InChI=1S/C19H38N2OS2/c1-17(2)23-14-10-21-7-5-6-18(16-21)19(3,4)24-15-11-20-8-12-22-13-9-20/h17-18H,5-16H2,1-4H3. The summed E-state index contributed by atoms with van der Waals surface area (Å²) in [4.78, 5) is 5.27. The fraction of sp³-hybridized carbons (Fsp3) is 1.00. The predicted molar refractivity (Wildman–Crippen MR) is 111 cm³/mol. The van der Waals surface area contributed by atoms with Gasteiger partial charge in [0.2, 0.25) is 0 Å². The minimum Gasteiger partial charge on any atom is -0.379 e. The van der Waals surface area contributed by atoms with Crippen molar-refractivity contribution in [1.29, 1.82) is 0 Å². The number of hydrogen-bond donors (Lipinski definition) is 0.